The molecule has 0 aliphatic rings. The maximum Gasteiger partial charge on any atom is 0.149 e. The van der Waals surface area contributed by atoms with Crippen LogP contribution in [0, 0.1) is 11.6 Å². The van der Waals surface area contributed by atoms with Crippen LogP contribution >= 0.6 is 0 Å². The Bertz CT molecular complexity index is 853. The molecule has 0 aliphatic heterocycles. The molecule has 24 heavy (non-hydrogen) atoms. The van der Waals surface area contributed by atoms with Crippen molar-refractivity contribution < 1.29 is 13.5 Å². The molecule has 0 aliphatic carbocycles. The van der Waals surface area contributed by atoms with Crippen molar-refractivity contribution in [3.05, 3.63) is 59.9 Å². The SMILES string of the molecule is COc1ccc(C(C)CNc2ncnc3c(F)ccc(F)c23)cc1. The second-order valence-electron chi connectivity index (χ2n) is 5.53. The number of ether oxygens (including phenoxy) is 1. The van der Waals surface area contributed by atoms with Crippen LogP contribution in [-0.2, 0) is 0 Å². The van der Waals surface area contributed by atoms with E-state index in [1.54, 1.807) is 7.11 Å². The van der Waals surface area contributed by atoms with E-state index in [0.717, 1.165) is 23.4 Å². The van der Waals surface area contributed by atoms with Gasteiger partial charge in [0.05, 0.1) is 12.5 Å². The molecule has 1 N–H and O–H groups in total. The maximum atomic E-state index is 14.1. The molecule has 0 spiro atoms. The highest BCUT2D eigenvalue weighted by atomic mass is 19.1. The second kappa shape index (κ2) is 6.78. The Morgan fingerprint density at radius 1 is 1.04 bits per heavy atom. The molecule has 124 valence electrons. The zero-order valence-corrected chi connectivity index (χ0v) is 13.4. The van der Waals surface area contributed by atoms with Crippen molar-refractivity contribution in [2.24, 2.45) is 0 Å². The van der Waals surface area contributed by atoms with Gasteiger partial charge in [-0.05, 0) is 35.7 Å². The molecule has 0 saturated carbocycles. The summed E-state index contributed by atoms with van der Waals surface area (Å²) in [4.78, 5) is 7.88. The van der Waals surface area contributed by atoms with Crippen molar-refractivity contribution >= 4 is 16.7 Å². The number of methoxy groups -OCH3 is 1. The Kier molecular flexibility index (Phi) is 4.55. The fraction of sp³-hybridized carbons (Fsp3) is 0.222. The van der Waals surface area contributed by atoms with Crippen LogP contribution in [0.5, 0.6) is 5.75 Å². The number of hydrogen-bond acceptors (Lipinski definition) is 4. The molecule has 0 saturated heterocycles. The van der Waals surface area contributed by atoms with Gasteiger partial charge >= 0.3 is 0 Å². The van der Waals surface area contributed by atoms with E-state index in [9.17, 15) is 8.78 Å². The molecule has 0 amide bonds. The van der Waals surface area contributed by atoms with Crippen LogP contribution in [0.4, 0.5) is 14.6 Å². The van der Waals surface area contributed by atoms with Gasteiger partial charge in [0.1, 0.15) is 35.0 Å². The van der Waals surface area contributed by atoms with Gasteiger partial charge in [0.25, 0.3) is 0 Å². The fourth-order valence-corrected chi connectivity index (χ4v) is 2.54. The Hall–Kier alpha value is -2.76. The molecular formula is C18H17F2N3O. The number of anilines is 1. The average molecular weight is 329 g/mol. The number of benzene rings is 2. The summed E-state index contributed by atoms with van der Waals surface area (Å²) in [7, 11) is 1.62. The molecule has 1 atom stereocenters. The number of rotatable bonds is 5. The van der Waals surface area contributed by atoms with E-state index >= 15 is 0 Å². The topological polar surface area (TPSA) is 47.0 Å². The molecular weight excluding hydrogens is 312 g/mol. The van der Waals surface area contributed by atoms with Crippen LogP contribution < -0.4 is 10.1 Å². The predicted octanol–water partition coefficient (Wildman–Crippen LogP) is 4.13. The Balaban J connectivity index is 1.81. The van der Waals surface area contributed by atoms with Crippen molar-refractivity contribution in [2.75, 3.05) is 19.0 Å². The summed E-state index contributed by atoms with van der Waals surface area (Å²) < 4.78 is 33.0. The lowest BCUT2D eigenvalue weighted by Gasteiger charge is -2.15. The molecule has 2 aromatic carbocycles. The quantitative estimate of drug-likeness (QED) is 0.764. The van der Waals surface area contributed by atoms with Gasteiger partial charge in [-0.3, -0.25) is 0 Å². The lowest BCUT2D eigenvalue weighted by molar-refractivity contribution is 0.414. The molecule has 0 radical (unpaired) electrons. The van der Waals surface area contributed by atoms with E-state index in [1.807, 2.05) is 31.2 Å². The molecule has 3 rings (SSSR count). The summed E-state index contributed by atoms with van der Waals surface area (Å²) in [6, 6.07) is 9.88. The largest absolute Gasteiger partial charge is 0.497 e. The van der Waals surface area contributed by atoms with Crippen LogP contribution in [0.2, 0.25) is 0 Å². The molecule has 3 aromatic rings. The fourth-order valence-electron chi connectivity index (χ4n) is 2.54. The number of aromatic nitrogens is 2. The lowest BCUT2D eigenvalue weighted by Crippen LogP contribution is -2.12. The van der Waals surface area contributed by atoms with E-state index in [-0.39, 0.29) is 22.6 Å². The summed E-state index contributed by atoms with van der Waals surface area (Å²) >= 11 is 0. The molecule has 0 fully saturated rings. The number of nitrogens with one attached hydrogen (secondary N) is 1. The van der Waals surface area contributed by atoms with Gasteiger partial charge < -0.3 is 10.1 Å². The lowest BCUT2D eigenvalue weighted by atomic mass is 10.0. The van der Waals surface area contributed by atoms with E-state index in [2.05, 4.69) is 15.3 Å². The van der Waals surface area contributed by atoms with Gasteiger partial charge in [-0.15, -0.1) is 0 Å². The molecule has 1 heterocycles. The van der Waals surface area contributed by atoms with Crippen molar-refractivity contribution in [3.8, 4) is 5.75 Å². The minimum Gasteiger partial charge on any atom is -0.497 e. The zero-order valence-electron chi connectivity index (χ0n) is 13.4. The first-order valence-electron chi connectivity index (χ1n) is 7.56. The third kappa shape index (κ3) is 3.13. The van der Waals surface area contributed by atoms with Gasteiger partial charge in [0.15, 0.2) is 0 Å². The van der Waals surface area contributed by atoms with Gasteiger partial charge in [-0.1, -0.05) is 19.1 Å². The van der Waals surface area contributed by atoms with Gasteiger partial charge in [-0.25, -0.2) is 18.7 Å². The Morgan fingerprint density at radius 2 is 1.75 bits per heavy atom. The van der Waals surface area contributed by atoms with Crippen molar-refractivity contribution in [3.63, 3.8) is 0 Å². The number of hydrogen-bond donors (Lipinski definition) is 1. The highest BCUT2D eigenvalue weighted by Gasteiger charge is 2.14. The third-order valence-electron chi connectivity index (χ3n) is 3.95. The molecule has 0 bridgehead atoms. The highest BCUT2D eigenvalue weighted by Crippen LogP contribution is 2.26. The molecule has 6 heteroatoms. The number of nitrogens with zero attached hydrogens (tertiary/aromatic N) is 2. The minimum absolute atomic E-state index is 0.0235. The molecule has 1 unspecified atom stereocenters. The van der Waals surface area contributed by atoms with Crippen LogP contribution in [0.1, 0.15) is 18.4 Å². The summed E-state index contributed by atoms with van der Waals surface area (Å²) in [5, 5.41) is 3.16. The van der Waals surface area contributed by atoms with Crippen molar-refractivity contribution in [1.82, 2.24) is 9.97 Å². The van der Waals surface area contributed by atoms with E-state index in [0.29, 0.717) is 6.54 Å². The van der Waals surface area contributed by atoms with Crippen LogP contribution in [0.3, 0.4) is 0 Å². The van der Waals surface area contributed by atoms with Crippen LogP contribution in [0.15, 0.2) is 42.7 Å². The third-order valence-corrected chi connectivity index (χ3v) is 3.95. The molecule has 1 aromatic heterocycles. The summed E-state index contributed by atoms with van der Waals surface area (Å²) in [6.07, 6.45) is 1.23. The van der Waals surface area contributed by atoms with Gasteiger partial charge in [0, 0.05) is 6.54 Å². The first kappa shape index (κ1) is 16.1. The Morgan fingerprint density at radius 3 is 2.46 bits per heavy atom. The second-order valence-corrected chi connectivity index (χ2v) is 5.53. The van der Waals surface area contributed by atoms with Crippen LogP contribution in [-0.4, -0.2) is 23.6 Å². The first-order valence-corrected chi connectivity index (χ1v) is 7.56. The van der Waals surface area contributed by atoms with E-state index in [4.69, 9.17) is 4.74 Å². The maximum absolute atomic E-state index is 14.1. The smallest absolute Gasteiger partial charge is 0.149 e. The first-order chi connectivity index (χ1) is 11.6. The van der Waals surface area contributed by atoms with Gasteiger partial charge in [0.2, 0.25) is 0 Å². The monoisotopic (exact) mass is 329 g/mol. The van der Waals surface area contributed by atoms with E-state index in [1.165, 1.54) is 6.33 Å². The summed E-state index contributed by atoms with van der Waals surface area (Å²) in [5.74, 6) is 0.111. The minimum atomic E-state index is -0.569. The average Bonchev–Trinajstić information content (AvgIpc) is 2.62. The van der Waals surface area contributed by atoms with Crippen molar-refractivity contribution in [2.45, 2.75) is 12.8 Å². The Labute approximate surface area is 138 Å². The zero-order chi connectivity index (χ0) is 17.1. The normalized spacial score (nSPS) is 12.2. The standard InChI is InChI=1S/C18H17F2N3O/c1-11(12-3-5-13(24-2)6-4-12)9-21-18-16-14(19)7-8-15(20)17(16)22-10-23-18/h3-8,10-11H,9H2,1-2H3,(H,21,22,23). The van der Waals surface area contributed by atoms with Gasteiger partial charge in [-0.2, -0.15) is 0 Å². The number of fused-ring (bicyclic) bond motifs is 1. The summed E-state index contributed by atoms with van der Waals surface area (Å²) in [5.41, 5.74) is 1.08. The molecule has 4 nitrogen and oxygen atoms in total. The van der Waals surface area contributed by atoms with E-state index < -0.39 is 11.6 Å². The number of halogens is 2. The highest BCUT2D eigenvalue weighted by molar-refractivity contribution is 5.89. The van der Waals surface area contributed by atoms with Crippen LogP contribution in [0.25, 0.3) is 10.9 Å². The van der Waals surface area contributed by atoms with Crippen molar-refractivity contribution in [1.29, 1.82) is 0 Å². The predicted molar refractivity (Wildman–Crippen MR) is 89.4 cm³/mol. The summed E-state index contributed by atoms with van der Waals surface area (Å²) in [6.45, 7) is 2.56.